The van der Waals surface area contributed by atoms with Crippen LogP contribution in [0.5, 0.6) is 0 Å². The smallest absolute Gasteiger partial charge is 0.223 e. The van der Waals surface area contributed by atoms with Gasteiger partial charge in [-0.3, -0.25) is 4.90 Å². The second-order valence-electron chi connectivity index (χ2n) is 4.09. The molecule has 1 saturated heterocycles. The third kappa shape index (κ3) is 2.76. The van der Waals surface area contributed by atoms with E-state index in [0.29, 0.717) is 11.9 Å². The van der Waals surface area contributed by atoms with Crippen molar-refractivity contribution in [3.63, 3.8) is 0 Å². The van der Waals surface area contributed by atoms with Crippen molar-refractivity contribution in [3.8, 4) is 0 Å². The summed E-state index contributed by atoms with van der Waals surface area (Å²) in [7, 11) is 2.02. The lowest BCUT2D eigenvalue weighted by Crippen LogP contribution is -2.44. The van der Waals surface area contributed by atoms with E-state index in [1.807, 2.05) is 14.0 Å². The highest BCUT2D eigenvalue weighted by Gasteiger charge is 2.19. The van der Waals surface area contributed by atoms with E-state index in [0.717, 1.165) is 25.5 Å². The summed E-state index contributed by atoms with van der Waals surface area (Å²) >= 11 is 0. The summed E-state index contributed by atoms with van der Waals surface area (Å²) in [6.45, 7) is 4.83. The van der Waals surface area contributed by atoms with E-state index in [1.54, 1.807) is 0 Å². The molecule has 2 heterocycles. The minimum absolute atomic E-state index is 0.603. The first kappa shape index (κ1) is 10.6. The summed E-state index contributed by atoms with van der Waals surface area (Å²) in [5.74, 6) is 1.44. The lowest BCUT2D eigenvalue weighted by Gasteiger charge is -2.31. The van der Waals surface area contributed by atoms with Crippen molar-refractivity contribution in [2.45, 2.75) is 32.4 Å². The fourth-order valence-corrected chi connectivity index (χ4v) is 2.04. The van der Waals surface area contributed by atoms with Gasteiger partial charge in [-0.05, 0) is 26.4 Å². The zero-order valence-corrected chi connectivity index (χ0v) is 9.36. The number of rotatable bonds is 3. The molecule has 1 N–H and O–H groups in total. The van der Waals surface area contributed by atoms with E-state index in [4.69, 9.17) is 4.52 Å². The van der Waals surface area contributed by atoms with Crippen molar-refractivity contribution in [1.82, 2.24) is 20.4 Å². The molecule has 5 nitrogen and oxygen atoms in total. The topological polar surface area (TPSA) is 54.2 Å². The van der Waals surface area contributed by atoms with Gasteiger partial charge in [-0.25, -0.2) is 0 Å². The normalized spacial score (nSPS) is 23.2. The molecule has 15 heavy (non-hydrogen) atoms. The van der Waals surface area contributed by atoms with E-state index in [9.17, 15) is 0 Å². The molecular weight excluding hydrogens is 192 g/mol. The van der Waals surface area contributed by atoms with Gasteiger partial charge in [0.1, 0.15) is 0 Å². The van der Waals surface area contributed by atoms with E-state index >= 15 is 0 Å². The van der Waals surface area contributed by atoms with Crippen molar-refractivity contribution in [2.24, 2.45) is 0 Å². The maximum Gasteiger partial charge on any atom is 0.223 e. The average molecular weight is 210 g/mol. The molecular formula is C10H18N4O. The summed E-state index contributed by atoms with van der Waals surface area (Å²) in [5.41, 5.74) is 0. The highest BCUT2D eigenvalue weighted by atomic mass is 16.5. The molecule has 0 radical (unpaired) electrons. The monoisotopic (exact) mass is 210 g/mol. The number of likely N-dealkylation sites (N-methyl/N-ethyl adjacent to an activating group) is 1. The fourth-order valence-electron chi connectivity index (χ4n) is 2.04. The Morgan fingerprint density at radius 2 is 2.47 bits per heavy atom. The maximum absolute atomic E-state index is 4.96. The molecule has 0 aromatic carbocycles. The SMILES string of the molecule is CN[C@H]1CCCN(Cc2noc(C)n2)C1. The molecule has 84 valence electrons. The summed E-state index contributed by atoms with van der Waals surface area (Å²) in [4.78, 5) is 6.59. The van der Waals surface area contributed by atoms with Crippen LogP contribution in [0.25, 0.3) is 0 Å². The number of likely N-dealkylation sites (tertiary alicyclic amines) is 1. The lowest BCUT2D eigenvalue weighted by atomic mass is 10.1. The van der Waals surface area contributed by atoms with Crippen molar-refractivity contribution < 1.29 is 4.52 Å². The highest BCUT2D eigenvalue weighted by molar-refractivity contribution is 4.86. The lowest BCUT2D eigenvalue weighted by molar-refractivity contribution is 0.182. The van der Waals surface area contributed by atoms with Gasteiger partial charge >= 0.3 is 0 Å². The van der Waals surface area contributed by atoms with Crippen LogP contribution in [0.1, 0.15) is 24.6 Å². The van der Waals surface area contributed by atoms with Crippen LogP contribution in [0.15, 0.2) is 4.52 Å². The molecule has 1 aromatic rings. The number of hydrogen-bond donors (Lipinski definition) is 1. The van der Waals surface area contributed by atoms with Crippen LogP contribution in [0.3, 0.4) is 0 Å². The molecule has 1 fully saturated rings. The first-order chi connectivity index (χ1) is 7.28. The van der Waals surface area contributed by atoms with E-state index in [1.165, 1.54) is 12.8 Å². The predicted molar refractivity (Wildman–Crippen MR) is 56.4 cm³/mol. The average Bonchev–Trinajstić information content (AvgIpc) is 2.64. The van der Waals surface area contributed by atoms with Crippen molar-refractivity contribution in [1.29, 1.82) is 0 Å². The summed E-state index contributed by atoms with van der Waals surface area (Å²) < 4.78 is 4.96. The quantitative estimate of drug-likeness (QED) is 0.790. The Labute approximate surface area is 89.8 Å². The van der Waals surface area contributed by atoms with Gasteiger partial charge in [0.2, 0.25) is 5.89 Å². The molecule has 1 atom stereocenters. The Morgan fingerprint density at radius 3 is 3.13 bits per heavy atom. The largest absolute Gasteiger partial charge is 0.340 e. The van der Waals surface area contributed by atoms with Crippen LogP contribution in [-0.4, -0.2) is 41.2 Å². The van der Waals surface area contributed by atoms with Gasteiger partial charge in [-0.1, -0.05) is 5.16 Å². The minimum Gasteiger partial charge on any atom is -0.340 e. The standard InChI is InChI=1S/C10H18N4O/c1-8-12-10(13-15-8)7-14-5-3-4-9(6-14)11-2/h9,11H,3-7H2,1-2H3/t9-/m0/s1. The second kappa shape index (κ2) is 4.72. The molecule has 5 heteroatoms. The van der Waals surface area contributed by atoms with Gasteiger partial charge in [-0.15, -0.1) is 0 Å². The molecule has 0 saturated carbocycles. The molecule has 0 aliphatic carbocycles. The number of aryl methyl sites for hydroxylation is 1. The Kier molecular flexibility index (Phi) is 3.33. The molecule has 0 spiro atoms. The second-order valence-corrected chi connectivity index (χ2v) is 4.09. The van der Waals surface area contributed by atoms with Gasteiger partial charge in [0.15, 0.2) is 5.82 Å². The van der Waals surface area contributed by atoms with Gasteiger partial charge < -0.3 is 9.84 Å². The third-order valence-corrected chi connectivity index (χ3v) is 2.85. The Morgan fingerprint density at radius 1 is 1.60 bits per heavy atom. The highest BCUT2D eigenvalue weighted by Crippen LogP contribution is 2.11. The summed E-state index contributed by atoms with van der Waals surface area (Å²) in [6, 6.07) is 0.603. The van der Waals surface area contributed by atoms with Gasteiger partial charge in [0, 0.05) is 19.5 Å². The predicted octanol–water partition coefficient (Wildman–Crippen LogP) is 0.562. The van der Waals surface area contributed by atoms with Crippen LogP contribution < -0.4 is 5.32 Å². The Bertz CT molecular complexity index is 312. The molecule has 1 aromatic heterocycles. The number of nitrogens with one attached hydrogen (secondary N) is 1. The molecule has 0 unspecified atom stereocenters. The molecule has 1 aliphatic heterocycles. The first-order valence-electron chi connectivity index (χ1n) is 5.46. The van der Waals surface area contributed by atoms with Crippen molar-refractivity contribution in [3.05, 3.63) is 11.7 Å². The number of piperidine rings is 1. The van der Waals surface area contributed by atoms with Crippen LogP contribution >= 0.6 is 0 Å². The molecule has 2 rings (SSSR count). The van der Waals surface area contributed by atoms with E-state index in [2.05, 4.69) is 20.4 Å². The summed E-state index contributed by atoms with van der Waals surface area (Å²) in [6.07, 6.45) is 2.50. The number of nitrogens with zero attached hydrogens (tertiary/aromatic N) is 3. The Balaban J connectivity index is 1.88. The van der Waals surface area contributed by atoms with Crippen LogP contribution in [-0.2, 0) is 6.54 Å². The molecule has 1 aliphatic rings. The van der Waals surface area contributed by atoms with Crippen LogP contribution in [0.2, 0.25) is 0 Å². The molecule has 0 amide bonds. The van der Waals surface area contributed by atoms with Crippen LogP contribution in [0.4, 0.5) is 0 Å². The van der Waals surface area contributed by atoms with E-state index in [-0.39, 0.29) is 0 Å². The number of aromatic nitrogens is 2. The maximum atomic E-state index is 4.96. The molecule has 0 bridgehead atoms. The summed E-state index contributed by atoms with van der Waals surface area (Å²) in [5, 5.41) is 7.23. The minimum atomic E-state index is 0.603. The van der Waals surface area contributed by atoms with Gasteiger partial charge in [0.05, 0.1) is 6.54 Å². The third-order valence-electron chi connectivity index (χ3n) is 2.85. The Hall–Kier alpha value is -0.940. The van der Waals surface area contributed by atoms with Gasteiger partial charge in [0.25, 0.3) is 0 Å². The number of hydrogen-bond acceptors (Lipinski definition) is 5. The van der Waals surface area contributed by atoms with Crippen LogP contribution in [0, 0.1) is 6.92 Å². The van der Waals surface area contributed by atoms with Crippen molar-refractivity contribution in [2.75, 3.05) is 20.1 Å². The van der Waals surface area contributed by atoms with Gasteiger partial charge in [-0.2, -0.15) is 4.98 Å². The zero-order chi connectivity index (χ0) is 10.7. The van der Waals surface area contributed by atoms with E-state index < -0.39 is 0 Å². The zero-order valence-electron chi connectivity index (χ0n) is 9.36. The van der Waals surface area contributed by atoms with Crippen molar-refractivity contribution >= 4 is 0 Å². The fraction of sp³-hybridized carbons (Fsp3) is 0.800. The first-order valence-corrected chi connectivity index (χ1v) is 5.46.